The lowest BCUT2D eigenvalue weighted by Gasteiger charge is -2.22. The number of nitrogens with one attached hydrogen (secondary N) is 1. The molecule has 0 aliphatic rings. The summed E-state index contributed by atoms with van der Waals surface area (Å²) in [6, 6.07) is 8.75. The fourth-order valence-electron chi connectivity index (χ4n) is 2.12. The van der Waals surface area contributed by atoms with Crippen LogP contribution in [0.2, 0.25) is 0 Å². The fraction of sp³-hybridized carbons (Fsp3) is 0.235. The van der Waals surface area contributed by atoms with Gasteiger partial charge in [-0.2, -0.15) is 26.7 Å². The van der Waals surface area contributed by atoms with Gasteiger partial charge in [-0.3, -0.25) is 14.9 Å². The molecule has 0 fully saturated rings. The summed E-state index contributed by atoms with van der Waals surface area (Å²) in [5.41, 5.74) is 1.27. The molecule has 0 spiro atoms. The van der Waals surface area contributed by atoms with Crippen molar-refractivity contribution in [2.75, 3.05) is 16.8 Å². The van der Waals surface area contributed by atoms with Crippen LogP contribution >= 0.6 is 25.3 Å². The molecule has 4 N–H and O–H groups in total. The Bertz CT molecular complexity index is 890. The number of anilines is 2. The first-order valence-corrected chi connectivity index (χ1v) is 8.76. The summed E-state index contributed by atoms with van der Waals surface area (Å²) in [6.07, 6.45) is -4.98. The number of nitrogens with zero attached hydrogens (tertiary/aromatic N) is 1. The maximum absolute atomic E-state index is 13.0. The van der Waals surface area contributed by atoms with Gasteiger partial charge in [-0.25, -0.2) is 0 Å². The van der Waals surface area contributed by atoms with E-state index < -0.39 is 33.9 Å². The number of nitrogen functional groups attached to an aromatic ring is 1. The van der Waals surface area contributed by atoms with E-state index >= 15 is 0 Å². The summed E-state index contributed by atoms with van der Waals surface area (Å²) < 4.78 is 39.1. The van der Waals surface area contributed by atoms with Gasteiger partial charge in [0.1, 0.15) is 11.2 Å². The lowest BCUT2D eigenvalue weighted by molar-refractivity contribution is -0.388. The Balaban J connectivity index is 0.00000420. The molecule has 0 saturated heterocycles. The summed E-state index contributed by atoms with van der Waals surface area (Å²) in [7, 11) is 0. The molecule has 7 nitrogen and oxygen atoms in total. The number of aliphatic hydroxyl groups is 1. The Kier molecular flexibility index (Phi) is 7.95. The Morgan fingerprint density at radius 3 is 2.34 bits per heavy atom. The van der Waals surface area contributed by atoms with E-state index in [0.29, 0.717) is 17.8 Å². The van der Waals surface area contributed by atoms with Crippen molar-refractivity contribution in [1.29, 1.82) is 0 Å². The van der Waals surface area contributed by atoms with Crippen LogP contribution in [0.1, 0.15) is 12.5 Å². The maximum atomic E-state index is 13.0. The molecule has 0 aliphatic heterocycles. The number of nitrogens with two attached hydrogens (primary N) is 1. The molecule has 0 heterocycles. The number of hydrogen-bond donors (Lipinski definition) is 3. The van der Waals surface area contributed by atoms with Crippen molar-refractivity contribution in [2.45, 2.75) is 23.6 Å². The zero-order valence-electron chi connectivity index (χ0n) is 15.0. The van der Waals surface area contributed by atoms with Gasteiger partial charge in [0.2, 0.25) is 0 Å². The lowest BCUT2D eigenvalue weighted by atomic mass is 10.1. The van der Waals surface area contributed by atoms with Crippen LogP contribution < -0.4 is 11.1 Å². The van der Waals surface area contributed by atoms with Gasteiger partial charge >= 0.3 is 6.18 Å². The van der Waals surface area contributed by atoms with Gasteiger partial charge in [-0.15, -0.1) is 11.8 Å². The Labute approximate surface area is 175 Å². The van der Waals surface area contributed by atoms with E-state index in [2.05, 4.69) is 5.32 Å². The molecule has 2 aromatic carbocycles. The Hall–Kier alpha value is -2.44. The molecule has 29 heavy (non-hydrogen) atoms. The summed E-state index contributed by atoms with van der Waals surface area (Å²) >= 11 is 1.15. The minimum Gasteiger partial charge on any atom is -0.399 e. The predicted octanol–water partition coefficient (Wildman–Crippen LogP) is 3.79. The Morgan fingerprint density at radius 1 is 1.24 bits per heavy atom. The van der Waals surface area contributed by atoms with Crippen LogP contribution in [0.15, 0.2) is 47.4 Å². The van der Waals surface area contributed by atoms with Crippen LogP contribution in [0.5, 0.6) is 0 Å². The van der Waals surface area contributed by atoms with Crippen LogP contribution in [0.3, 0.4) is 0 Å². The molecule has 0 unspecified atom stereocenters. The number of benzene rings is 2. The highest BCUT2D eigenvalue weighted by atomic mass is 32.2. The summed E-state index contributed by atoms with van der Waals surface area (Å²) in [4.78, 5) is 22.6. The van der Waals surface area contributed by atoms with Crippen LogP contribution in [-0.4, -0.2) is 27.3 Å². The smallest absolute Gasteiger partial charge is 0.399 e. The largest absolute Gasteiger partial charge is 0.423 e. The zero-order valence-corrected chi connectivity index (χ0v) is 16.8. The fourth-order valence-corrected chi connectivity index (χ4v) is 3.03. The van der Waals surface area contributed by atoms with E-state index in [1.54, 1.807) is 24.3 Å². The summed E-state index contributed by atoms with van der Waals surface area (Å²) in [5.74, 6) is -1.03. The number of carbonyl (C=O) groups is 1. The van der Waals surface area contributed by atoms with Crippen LogP contribution in [0.4, 0.5) is 30.2 Å². The van der Waals surface area contributed by atoms with E-state index in [1.165, 1.54) is 6.92 Å². The Morgan fingerprint density at radius 2 is 1.83 bits per heavy atom. The summed E-state index contributed by atoms with van der Waals surface area (Å²) in [5, 5.41) is 23.3. The number of thioether (sulfide) groups is 1. The van der Waals surface area contributed by atoms with E-state index in [9.17, 15) is 33.2 Å². The third-order valence-electron chi connectivity index (χ3n) is 3.65. The first-order chi connectivity index (χ1) is 12.9. The van der Waals surface area contributed by atoms with Crippen molar-refractivity contribution in [3.05, 3.63) is 58.1 Å². The maximum Gasteiger partial charge on any atom is 0.423 e. The minimum absolute atomic E-state index is 0. The minimum atomic E-state index is -4.98. The van der Waals surface area contributed by atoms with Crippen molar-refractivity contribution in [2.24, 2.45) is 0 Å². The van der Waals surface area contributed by atoms with Gasteiger partial charge in [0.15, 0.2) is 0 Å². The number of amides is 1. The van der Waals surface area contributed by atoms with Gasteiger partial charge in [-0.1, -0.05) is 0 Å². The number of nitro benzene ring substituents is 1. The highest BCUT2D eigenvalue weighted by molar-refractivity contribution is 7.99. The molecule has 0 bridgehead atoms. The molecule has 0 aliphatic carbocycles. The number of alkyl halides is 3. The first kappa shape index (κ1) is 24.6. The number of halogens is 3. The van der Waals surface area contributed by atoms with Crippen molar-refractivity contribution < 1.29 is 28.0 Å². The van der Waals surface area contributed by atoms with Gasteiger partial charge < -0.3 is 16.2 Å². The van der Waals surface area contributed by atoms with E-state index in [4.69, 9.17) is 5.73 Å². The summed E-state index contributed by atoms with van der Waals surface area (Å²) in [6.45, 7) is 1.21. The highest BCUT2D eigenvalue weighted by Crippen LogP contribution is 2.37. The highest BCUT2D eigenvalue weighted by Gasteiger charge is 2.39. The van der Waals surface area contributed by atoms with Crippen LogP contribution in [-0.2, 0) is 11.0 Å². The average molecular weight is 449 g/mol. The monoisotopic (exact) mass is 449 g/mol. The molecule has 2 rings (SSSR count). The average Bonchev–Trinajstić information content (AvgIpc) is 2.60. The molecular formula is C17H18F3N3O4S2. The standard InChI is InChI=1S/C17H16F3N3O4S.H2S/c1-16(25,9-28-12-5-2-10(21)3-6-12)15(24)22-11-4-7-14(23(26)27)13(8-11)17(18,19)20;/h2-8,25H,9,21H2,1H3,(H,22,24);1H2/t16-;/m1./s1. The second-order valence-electron chi connectivity index (χ2n) is 6.07. The van der Waals surface area contributed by atoms with Gasteiger partial charge in [0.25, 0.3) is 11.6 Å². The van der Waals surface area contributed by atoms with Crippen molar-refractivity contribution in [3.8, 4) is 0 Å². The van der Waals surface area contributed by atoms with Crippen LogP contribution in [0.25, 0.3) is 0 Å². The number of nitro groups is 1. The zero-order chi connectivity index (χ0) is 21.1. The second-order valence-corrected chi connectivity index (χ2v) is 7.12. The van der Waals surface area contributed by atoms with Gasteiger partial charge in [0, 0.05) is 28.1 Å². The normalized spacial score (nSPS) is 13.1. The topological polar surface area (TPSA) is 118 Å². The van der Waals surface area contributed by atoms with Crippen molar-refractivity contribution in [3.63, 3.8) is 0 Å². The van der Waals surface area contributed by atoms with E-state index in [0.717, 1.165) is 22.7 Å². The molecule has 0 radical (unpaired) electrons. The molecule has 0 saturated carbocycles. The van der Waals surface area contributed by atoms with E-state index in [1.807, 2.05) is 0 Å². The SMILES string of the molecule is C[C@@](O)(CSc1ccc(N)cc1)C(=O)Nc1ccc([N+](=O)[O-])c(C(F)(F)F)c1.S. The van der Waals surface area contributed by atoms with Crippen LogP contribution in [0, 0.1) is 10.1 Å². The molecule has 1 amide bonds. The third-order valence-corrected chi connectivity index (χ3v) is 4.96. The van der Waals surface area contributed by atoms with E-state index in [-0.39, 0.29) is 24.9 Å². The first-order valence-electron chi connectivity index (χ1n) is 7.78. The number of hydrogen-bond acceptors (Lipinski definition) is 6. The van der Waals surface area contributed by atoms with Gasteiger partial charge in [-0.05, 0) is 43.3 Å². The van der Waals surface area contributed by atoms with Gasteiger partial charge in [0.05, 0.1) is 4.92 Å². The van der Waals surface area contributed by atoms with Crippen molar-refractivity contribution in [1.82, 2.24) is 0 Å². The lowest BCUT2D eigenvalue weighted by Crippen LogP contribution is -2.42. The predicted molar refractivity (Wildman–Crippen MR) is 109 cm³/mol. The van der Waals surface area contributed by atoms with Crippen molar-refractivity contribution >= 4 is 48.2 Å². The second kappa shape index (κ2) is 9.37. The quantitative estimate of drug-likeness (QED) is 0.267. The molecule has 1 atom stereocenters. The third kappa shape index (κ3) is 6.54. The molecule has 12 heteroatoms. The molecule has 0 aromatic heterocycles. The number of carbonyl (C=O) groups excluding carboxylic acids is 1. The number of rotatable bonds is 6. The molecule has 2 aromatic rings. The molecular weight excluding hydrogens is 431 g/mol. The molecule has 158 valence electrons.